The van der Waals surface area contributed by atoms with Gasteiger partial charge in [0.2, 0.25) is 5.95 Å². The van der Waals surface area contributed by atoms with E-state index < -0.39 is 11.6 Å². The van der Waals surface area contributed by atoms with E-state index in [9.17, 15) is 9.18 Å². The Morgan fingerprint density at radius 1 is 1.08 bits per heavy atom. The standard InChI is InChI=1S/C26H25ClF2N6O2/c27-18-12-30-26(31-13-18)34-7-5-19(6-8-34)35-14-21(29)24-22(32-15-33-25(24)35)11-16-3-4-17(10-20(16)28)23(37)2-1-9-36/h3-4,10,12-15,19,36H,1-2,5-9,11H2. The van der Waals surface area contributed by atoms with Gasteiger partial charge < -0.3 is 14.6 Å². The van der Waals surface area contributed by atoms with Gasteiger partial charge in [0.15, 0.2) is 11.6 Å². The van der Waals surface area contributed by atoms with E-state index in [0.29, 0.717) is 47.4 Å². The number of hydrogen-bond donors (Lipinski definition) is 1. The number of carbonyl (C=O) groups is 1. The summed E-state index contributed by atoms with van der Waals surface area (Å²) < 4.78 is 31.9. The summed E-state index contributed by atoms with van der Waals surface area (Å²) in [6.07, 6.45) is 7.96. The largest absolute Gasteiger partial charge is 0.396 e. The second-order valence-electron chi connectivity index (χ2n) is 9.06. The first-order chi connectivity index (χ1) is 17.9. The van der Waals surface area contributed by atoms with Crippen molar-refractivity contribution in [2.45, 2.75) is 38.1 Å². The number of halogens is 3. The fourth-order valence-corrected chi connectivity index (χ4v) is 4.85. The van der Waals surface area contributed by atoms with Crippen LogP contribution in [0.2, 0.25) is 5.02 Å². The summed E-state index contributed by atoms with van der Waals surface area (Å²) in [5.74, 6) is -0.636. The Labute approximate surface area is 217 Å². The minimum absolute atomic E-state index is 0.0271. The molecule has 0 saturated carbocycles. The molecule has 5 rings (SSSR count). The van der Waals surface area contributed by atoms with Crippen molar-refractivity contribution in [3.63, 3.8) is 0 Å². The van der Waals surface area contributed by atoms with Gasteiger partial charge in [0.1, 0.15) is 17.8 Å². The van der Waals surface area contributed by atoms with Crippen molar-refractivity contribution in [1.29, 1.82) is 0 Å². The van der Waals surface area contributed by atoms with Gasteiger partial charge in [-0.05, 0) is 30.9 Å². The van der Waals surface area contributed by atoms with Crippen LogP contribution in [0.3, 0.4) is 0 Å². The molecule has 0 bridgehead atoms. The monoisotopic (exact) mass is 526 g/mol. The third-order valence-electron chi connectivity index (χ3n) is 6.68. The number of aromatic nitrogens is 5. The highest BCUT2D eigenvalue weighted by molar-refractivity contribution is 6.30. The van der Waals surface area contributed by atoms with Gasteiger partial charge in [0.05, 0.1) is 28.5 Å². The Kier molecular flexibility index (Phi) is 7.38. The smallest absolute Gasteiger partial charge is 0.225 e. The molecule has 1 fully saturated rings. The highest BCUT2D eigenvalue weighted by Crippen LogP contribution is 2.31. The lowest BCUT2D eigenvalue weighted by Gasteiger charge is -2.32. The maximum atomic E-state index is 15.2. The van der Waals surface area contributed by atoms with Crippen LogP contribution in [0.4, 0.5) is 14.7 Å². The lowest BCUT2D eigenvalue weighted by atomic mass is 10.0. The summed E-state index contributed by atoms with van der Waals surface area (Å²) in [5.41, 5.74) is 1.41. The quantitative estimate of drug-likeness (QED) is 0.337. The number of aliphatic hydroxyl groups is 1. The molecule has 1 aliphatic heterocycles. The Hall–Kier alpha value is -3.50. The second-order valence-corrected chi connectivity index (χ2v) is 9.49. The van der Waals surface area contributed by atoms with E-state index in [1.807, 2.05) is 4.57 Å². The van der Waals surface area contributed by atoms with Gasteiger partial charge in [0.25, 0.3) is 0 Å². The minimum atomic E-state index is -0.557. The molecule has 1 aromatic carbocycles. The number of nitrogens with zero attached hydrogens (tertiary/aromatic N) is 6. The zero-order valence-electron chi connectivity index (χ0n) is 19.9. The summed E-state index contributed by atoms with van der Waals surface area (Å²) in [7, 11) is 0. The van der Waals surface area contributed by atoms with E-state index in [1.54, 1.807) is 18.5 Å². The summed E-state index contributed by atoms with van der Waals surface area (Å²) in [4.78, 5) is 31.4. The first kappa shape index (κ1) is 25.2. The van der Waals surface area contributed by atoms with Gasteiger partial charge in [-0.2, -0.15) is 0 Å². The van der Waals surface area contributed by atoms with E-state index in [2.05, 4.69) is 24.8 Å². The van der Waals surface area contributed by atoms with Crippen molar-refractivity contribution in [2.24, 2.45) is 0 Å². The average molecular weight is 527 g/mol. The van der Waals surface area contributed by atoms with Gasteiger partial charge in [-0.25, -0.2) is 28.7 Å². The number of hydrogen-bond acceptors (Lipinski definition) is 7. The number of ketones is 1. The van der Waals surface area contributed by atoms with E-state index in [4.69, 9.17) is 16.7 Å². The highest BCUT2D eigenvalue weighted by atomic mass is 35.5. The molecule has 0 aliphatic carbocycles. The number of carbonyl (C=O) groups excluding carboxylic acids is 1. The minimum Gasteiger partial charge on any atom is -0.396 e. The Morgan fingerprint density at radius 3 is 2.54 bits per heavy atom. The molecule has 11 heteroatoms. The molecule has 0 amide bonds. The fourth-order valence-electron chi connectivity index (χ4n) is 4.75. The van der Waals surface area contributed by atoms with Crippen LogP contribution in [0.1, 0.15) is 53.3 Å². The fraction of sp³-hybridized carbons (Fsp3) is 0.346. The molecular weight excluding hydrogens is 502 g/mol. The topological polar surface area (TPSA) is 97.0 Å². The van der Waals surface area contributed by atoms with Crippen molar-refractivity contribution in [3.8, 4) is 0 Å². The number of rotatable bonds is 8. The molecule has 8 nitrogen and oxygen atoms in total. The number of piperidine rings is 1. The molecule has 0 unspecified atom stereocenters. The van der Waals surface area contributed by atoms with E-state index in [1.165, 1.54) is 24.7 Å². The van der Waals surface area contributed by atoms with Crippen LogP contribution in [-0.2, 0) is 6.42 Å². The number of Topliss-reactive ketones (excluding diaryl/α,β-unsaturated/α-hetero) is 1. The van der Waals surface area contributed by atoms with Crippen LogP contribution in [0, 0.1) is 11.6 Å². The lowest BCUT2D eigenvalue weighted by molar-refractivity contribution is 0.0971. The van der Waals surface area contributed by atoms with Crippen molar-refractivity contribution in [1.82, 2.24) is 24.5 Å². The third kappa shape index (κ3) is 5.30. The van der Waals surface area contributed by atoms with Crippen LogP contribution < -0.4 is 4.90 Å². The number of aliphatic hydroxyl groups excluding tert-OH is 1. The average Bonchev–Trinajstić information content (AvgIpc) is 3.26. The maximum Gasteiger partial charge on any atom is 0.225 e. The zero-order chi connectivity index (χ0) is 25.9. The van der Waals surface area contributed by atoms with Crippen LogP contribution in [0.15, 0.2) is 43.1 Å². The normalized spacial score (nSPS) is 14.4. The number of benzene rings is 1. The molecule has 0 spiro atoms. The predicted molar refractivity (Wildman–Crippen MR) is 135 cm³/mol. The predicted octanol–water partition coefficient (Wildman–Crippen LogP) is 4.54. The maximum absolute atomic E-state index is 15.2. The summed E-state index contributed by atoms with van der Waals surface area (Å²) in [6, 6.07) is 4.29. The van der Waals surface area contributed by atoms with Crippen LogP contribution in [0.5, 0.6) is 0 Å². The molecule has 1 aliphatic rings. The van der Waals surface area contributed by atoms with Gasteiger partial charge >= 0.3 is 0 Å². The van der Waals surface area contributed by atoms with Crippen LogP contribution >= 0.6 is 11.6 Å². The van der Waals surface area contributed by atoms with Crippen LogP contribution in [-0.4, -0.2) is 55.1 Å². The molecule has 4 heterocycles. The van der Waals surface area contributed by atoms with E-state index >= 15 is 4.39 Å². The summed E-state index contributed by atoms with van der Waals surface area (Å²) in [5, 5.41) is 9.65. The molecule has 0 radical (unpaired) electrons. The first-order valence-electron chi connectivity index (χ1n) is 12.1. The van der Waals surface area contributed by atoms with Gasteiger partial charge in [-0.1, -0.05) is 23.7 Å². The molecule has 0 atom stereocenters. The Morgan fingerprint density at radius 2 is 1.84 bits per heavy atom. The Balaban J connectivity index is 1.35. The molecule has 1 N–H and O–H groups in total. The van der Waals surface area contributed by atoms with Gasteiger partial charge in [-0.15, -0.1) is 0 Å². The third-order valence-corrected chi connectivity index (χ3v) is 6.88. The lowest BCUT2D eigenvalue weighted by Crippen LogP contribution is -2.35. The van der Waals surface area contributed by atoms with Crippen molar-refractivity contribution in [3.05, 3.63) is 76.6 Å². The zero-order valence-corrected chi connectivity index (χ0v) is 20.7. The van der Waals surface area contributed by atoms with Crippen LogP contribution in [0.25, 0.3) is 11.0 Å². The number of anilines is 1. The molecule has 192 valence electrons. The molecule has 37 heavy (non-hydrogen) atoms. The molecule has 1 saturated heterocycles. The molecular formula is C26H25ClF2N6O2. The number of fused-ring (bicyclic) bond motifs is 1. The van der Waals surface area contributed by atoms with Gasteiger partial charge in [-0.3, -0.25) is 4.79 Å². The van der Waals surface area contributed by atoms with Gasteiger partial charge in [0, 0.05) is 50.3 Å². The summed E-state index contributed by atoms with van der Waals surface area (Å²) >= 11 is 5.88. The Bertz CT molecular complexity index is 1420. The van der Waals surface area contributed by atoms with Crippen molar-refractivity contribution < 1.29 is 18.7 Å². The first-order valence-corrected chi connectivity index (χ1v) is 12.5. The molecule has 3 aromatic heterocycles. The van der Waals surface area contributed by atoms with E-state index in [0.717, 1.165) is 12.8 Å². The van der Waals surface area contributed by atoms with Crippen molar-refractivity contribution >= 4 is 34.4 Å². The van der Waals surface area contributed by atoms with E-state index in [-0.39, 0.29) is 42.2 Å². The van der Waals surface area contributed by atoms with Crippen molar-refractivity contribution in [2.75, 3.05) is 24.6 Å². The molecule has 4 aromatic rings. The summed E-state index contributed by atoms with van der Waals surface area (Å²) in [6.45, 7) is 1.29. The second kappa shape index (κ2) is 10.9. The SMILES string of the molecule is O=C(CCCO)c1ccc(Cc2ncnc3c2c(F)cn3C2CCN(c3ncc(Cl)cn3)CC2)c(F)c1. The highest BCUT2D eigenvalue weighted by Gasteiger charge is 2.26.